The van der Waals surface area contributed by atoms with Crippen LogP contribution in [0.15, 0.2) is 0 Å². The lowest BCUT2D eigenvalue weighted by atomic mass is 10.1. The molecular weight excluding hydrogens is 232 g/mol. The smallest absolute Gasteiger partial charge is 0.162 e. The van der Waals surface area contributed by atoms with E-state index < -0.39 is 0 Å². The van der Waals surface area contributed by atoms with Gasteiger partial charge in [0.05, 0.1) is 0 Å². The molecule has 0 spiro atoms. The van der Waals surface area contributed by atoms with Crippen molar-refractivity contribution in [1.82, 2.24) is 0 Å². The zero-order valence-electron chi connectivity index (χ0n) is 12.1. The van der Waals surface area contributed by atoms with Gasteiger partial charge in [-0.05, 0) is 52.6 Å². The molecule has 0 saturated carbocycles. The van der Waals surface area contributed by atoms with Gasteiger partial charge in [-0.15, -0.1) is 0 Å². The minimum absolute atomic E-state index is 0.108. The van der Waals surface area contributed by atoms with Crippen LogP contribution in [0, 0.1) is 0 Å². The molecule has 0 bridgehead atoms. The normalized spacial score (nSPS) is 14.6. The standard InChI is InChI=1S/C12H30O2Si2/c1-7-11(3,4)13-15-9-10-16-14-12(5,6)8-2/h7-10,15-16H2,1-6H3. The van der Waals surface area contributed by atoms with Crippen molar-refractivity contribution in [3.05, 3.63) is 0 Å². The summed E-state index contributed by atoms with van der Waals surface area (Å²) in [5.74, 6) is 0. The number of rotatable bonds is 9. The highest BCUT2D eigenvalue weighted by atomic mass is 28.2. The highest BCUT2D eigenvalue weighted by molar-refractivity contribution is 6.34. The molecule has 0 aliphatic carbocycles. The molecule has 0 aromatic rings. The molecule has 0 fully saturated rings. The molecule has 16 heavy (non-hydrogen) atoms. The van der Waals surface area contributed by atoms with Crippen LogP contribution in [0.5, 0.6) is 0 Å². The Morgan fingerprint density at radius 2 is 1.06 bits per heavy atom. The summed E-state index contributed by atoms with van der Waals surface area (Å²) in [6.45, 7) is 13.1. The monoisotopic (exact) mass is 262 g/mol. The fourth-order valence-corrected chi connectivity index (χ4v) is 4.54. The number of hydrogen-bond acceptors (Lipinski definition) is 2. The van der Waals surface area contributed by atoms with Crippen molar-refractivity contribution in [2.24, 2.45) is 0 Å². The van der Waals surface area contributed by atoms with Gasteiger partial charge in [-0.1, -0.05) is 13.8 Å². The van der Waals surface area contributed by atoms with Gasteiger partial charge in [0.25, 0.3) is 0 Å². The SMILES string of the molecule is CCC(C)(C)O[SiH2]CC[SiH2]OC(C)(C)CC. The first-order chi connectivity index (χ1) is 7.33. The Bertz CT molecular complexity index is 162. The topological polar surface area (TPSA) is 18.5 Å². The average molecular weight is 263 g/mol. The zero-order chi connectivity index (χ0) is 12.7. The third-order valence-corrected chi connectivity index (χ3v) is 7.78. The van der Waals surface area contributed by atoms with Crippen LogP contribution in [0.1, 0.15) is 54.4 Å². The molecule has 0 radical (unpaired) electrons. The maximum atomic E-state index is 5.94. The lowest BCUT2D eigenvalue weighted by molar-refractivity contribution is 0.108. The lowest BCUT2D eigenvalue weighted by Crippen LogP contribution is -2.26. The molecule has 0 aromatic carbocycles. The fraction of sp³-hybridized carbons (Fsp3) is 1.00. The summed E-state index contributed by atoms with van der Waals surface area (Å²) in [6.07, 6.45) is 2.22. The van der Waals surface area contributed by atoms with Gasteiger partial charge in [-0.3, -0.25) is 0 Å². The molecule has 0 amide bonds. The van der Waals surface area contributed by atoms with Crippen LogP contribution in [0.3, 0.4) is 0 Å². The van der Waals surface area contributed by atoms with E-state index in [2.05, 4.69) is 41.5 Å². The van der Waals surface area contributed by atoms with E-state index in [1.54, 1.807) is 0 Å². The molecule has 0 aliphatic heterocycles. The van der Waals surface area contributed by atoms with Crippen molar-refractivity contribution in [2.75, 3.05) is 0 Å². The van der Waals surface area contributed by atoms with E-state index in [0.717, 1.165) is 12.8 Å². The van der Waals surface area contributed by atoms with Crippen molar-refractivity contribution in [2.45, 2.75) is 77.7 Å². The largest absolute Gasteiger partial charge is 0.419 e. The van der Waals surface area contributed by atoms with Crippen LogP contribution >= 0.6 is 0 Å². The van der Waals surface area contributed by atoms with Crippen LogP contribution in [0.4, 0.5) is 0 Å². The molecule has 4 heteroatoms. The van der Waals surface area contributed by atoms with Crippen molar-refractivity contribution in [1.29, 1.82) is 0 Å². The summed E-state index contributed by atoms with van der Waals surface area (Å²) in [6, 6.07) is 2.57. The maximum Gasteiger partial charge on any atom is 0.162 e. The molecule has 0 rings (SSSR count). The maximum absolute atomic E-state index is 5.94. The number of hydrogen-bond donors (Lipinski definition) is 0. The van der Waals surface area contributed by atoms with Gasteiger partial charge in [0.2, 0.25) is 0 Å². The minimum atomic E-state index is -0.320. The van der Waals surface area contributed by atoms with Crippen molar-refractivity contribution in [3.8, 4) is 0 Å². The van der Waals surface area contributed by atoms with Gasteiger partial charge in [0.1, 0.15) is 0 Å². The van der Waals surface area contributed by atoms with Gasteiger partial charge < -0.3 is 8.85 Å². The summed E-state index contributed by atoms with van der Waals surface area (Å²) < 4.78 is 11.9. The van der Waals surface area contributed by atoms with Crippen LogP contribution in [0.25, 0.3) is 0 Å². The Morgan fingerprint density at radius 1 is 0.750 bits per heavy atom. The van der Waals surface area contributed by atoms with Gasteiger partial charge in [-0.2, -0.15) is 0 Å². The van der Waals surface area contributed by atoms with E-state index in [4.69, 9.17) is 8.85 Å². The minimum Gasteiger partial charge on any atom is -0.419 e. The quantitative estimate of drug-likeness (QED) is 0.469. The third-order valence-electron chi connectivity index (χ3n) is 3.23. The second kappa shape index (κ2) is 7.64. The Hall–Kier alpha value is 0.354. The van der Waals surface area contributed by atoms with Gasteiger partial charge in [0, 0.05) is 11.2 Å². The first-order valence-corrected chi connectivity index (χ1v) is 9.76. The highest BCUT2D eigenvalue weighted by Gasteiger charge is 2.15. The van der Waals surface area contributed by atoms with Crippen LogP contribution < -0.4 is 0 Å². The fourth-order valence-electron chi connectivity index (χ4n) is 1.11. The Labute approximate surface area is 106 Å². The molecule has 0 saturated heterocycles. The first-order valence-electron chi connectivity index (χ1n) is 6.61. The van der Waals surface area contributed by atoms with Crippen LogP contribution in [-0.4, -0.2) is 30.7 Å². The highest BCUT2D eigenvalue weighted by Crippen LogP contribution is 2.15. The second-order valence-electron chi connectivity index (χ2n) is 5.63. The molecule has 0 atom stereocenters. The summed E-state index contributed by atoms with van der Waals surface area (Å²) >= 11 is 0. The molecule has 0 aromatic heterocycles. The zero-order valence-corrected chi connectivity index (χ0v) is 14.9. The van der Waals surface area contributed by atoms with Gasteiger partial charge in [0.15, 0.2) is 19.5 Å². The molecule has 0 N–H and O–H groups in total. The average Bonchev–Trinajstić information content (AvgIpc) is 2.23. The Balaban J connectivity index is 3.42. The molecule has 0 heterocycles. The molecule has 0 aliphatic rings. The summed E-state index contributed by atoms with van der Waals surface area (Å²) in [5.41, 5.74) is 0.217. The van der Waals surface area contributed by atoms with E-state index >= 15 is 0 Å². The van der Waals surface area contributed by atoms with Crippen molar-refractivity contribution >= 4 is 19.5 Å². The van der Waals surface area contributed by atoms with E-state index in [-0.39, 0.29) is 30.7 Å². The van der Waals surface area contributed by atoms with E-state index in [9.17, 15) is 0 Å². The van der Waals surface area contributed by atoms with Gasteiger partial charge >= 0.3 is 0 Å². The summed E-state index contributed by atoms with van der Waals surface area (Å²) in [5, 5.41) is 0. The summed E-state index contributed by atoms with van der Waals surface area (Å²) in [7, 11) is -0.639. The molecule has 0 unspecified atom stereocenters. The second-order valence-corrected chi connectivity index (χ2v) is 8.44. The predicted octanol–water partition coefficient (Wildman–Crippen LogP) is 2.40. The van der Waals surface area contributed by atoms with Gasteiger partial charge in [-0.25, -0.2) is 0 Å². The van der Waals surface area contributed by atoms with E-state index in [1.807, 2.05) is 0 Å². The van der Waals surface area contributed by atoms with Crippen LogP contribution in [-0.2, 0) is 8.85 Å². The molecular formula is C12H30O2Si2. The molecule has 98 valence electrons. The van der Waals surface area contributed by atoms with Crippen LogP contribution in [0.2, 0.25) is 12.1 Å². The van der Waals surface area contributed by atoms with E-state index in [1.165, 1.54) is 12.1 Å². The molecule has 2 nitrogen and oxygen atoms in total. The Kier molecular flexibility index (Phi) is 7.80. The van der Waals surface area contributed by atoms with E-state index in [0.29, 0.717) is 0 Å². The third kappa shape index (κ3) is 8.50. The lowest BCUT2D eigenvalue weighted by Gasteiger charge is -2.25. The van der Waals surface area contributed by atoms with Crippen molar-refractivity contribution in [3.63, 3.8) is 0 Å². The Morgan fingerprint density at radius 3 is 1.31 bits per heavy atom. The van der Waals surface area contributed by atoms with Crippen molar-refractivity contribution < 1.29 is 8.85 Å². The first kappa shape index (κ1) is 16.4. The predicted molar refractivity (Wildman–Crippen MR) is 77.6 cm³/mol. The summed E-state index contributed by atoms with van der Waals surface area (Å²) in [4.78, 5) is 0.